The van der Waals surface area contributed by atoms with Crippen molar-refractivity contribution >= 4 is 48.1 Å². The SMILES string of the molecule is CS(=O)(=O)c1ccc(Cc2nc3c(-c4cnc5ccccc5c4)cnn3c(N)c2Br)cc1. The number of aromatic nitrogens is 4. The molecule has 0 atom stereocenters. The summed E-state index contributed by atoms with van der Waals surface area (Å²) in [6, 6.07) is 16.8. The molecule has 0 aliphatic heterocycles. The number of benzene rings is 2. The number of nitrogens with two attached hydrogens (primary N) is 1. The summed E-state index contributed by atoms with van der Waals surface area (Å²) >= 11 is 3.55. The van der Waals surface area contributed by atoms with Crippen LogP contribution < -0.4 is 5.73 Å². The lowest BCUT2D eigenvalue weighted by atomic mass is 10.1. The number of rotatable bonds is 4. The molecule has 0 unspecified atom stereocenters. The van der Waals surface area contributed by atoms with Gasteiger partial charge in [0.25, 0.3) is 0 Å². The van der Waals surface area contributed by atoms with E-state index in [9.17, 15) is 8.42 Å². The highest BCUT2D eigenvalue weighted by Crippen LogP contribution is 2.31. The topological polar surface area (TPSA) is 103 Å². The second-order valence-electron chi connectivity index (χ2n) is 7.56. The van der Waals surface area contributed by atoms with E-state index >= 15 is 0 Å². The van der Waals surface area contributed by atoms with Crippen molar-refractivity contribution in [2.24, 2.45) is 0 Å². The minimum atomic E-state index is -3.24. The Morgan fingerprint density at radius 2 is 1.81 bits per heavy atom. The van der Waals surface area contributed by atoms with Crippen LogP contribution in [0.1, 0.15) is 11.3 Å². The minimum absolute atomic E-state index is 0.283. The van der Waals surface area contributed by atoms with E-state index in [2.05, 4.69) is 32.1 Å². The van der Waals surface area contributed by atoms with Crippen LogP contribution in [-0.2, 0) is 16.3 Å². The van der Waals surface area contributed by atoms with Gasteiger partial charge in [-0.05, 0) is 45.8 Å². The lowest BCUT2D eigenvalue weighted by Gasteiger charge is -2.10. The van der Waals surface area contributed by atoms with Gasteiger partial charge in [-0.2, -0.15) is 9.61 Å². The minimum Gasteiger partial charge on any atom is -0.383 e. The van der Waals surface area contributed by atoms with Crippen molar-refractivity contribution in [1.82, 2.24) is 19.6 Å². The molecule has 3 aromatic heterocycles. The zero-order chi connectivity index (χ0) is 22.5. The van der Waals surface area contributed by atoms with Gasteiger partial charge in [-0.25, -0.2) is 13.4 Å². The second-order valence-corrected chi connectivity index (χ2v) is 10.4. The normalized spacial score (nSPS) is 11.9. The van der Waals surface area contributed by atoms with Gasteiger partial charge < -0.3 is 5.73 Å². The summed E-state index contributed by atoms with van der Waals surface area (Å²) in [5, 5.41) is 5.46. The number of para-hydroxylation sites is 1. The molecule has 7 nitrogen and oxygen atoms in total. The standard InChI is InChI=1S/C23H18BrN5O2S/c1-32(30,31)17-8-6-14(7-9-17)10-20-21(24)22(25)29-23(28-20)18(13-27-29)16-11-15-4-2-3-5-19(15)26-12-16/h2-9,11-13H,10,25H2,1H3. The Hall–Kier alpha value is -3.30. The number of nitrogen functional groups attached to an aromatic ring is 1. The molecule has 5 rings (SSSR count). The van der Waals surface area contributed by atoms with Crippen molar-refractivity contribution in [3.05, 3.63) is 82.7 Å². The van der Waals surface area contributed by atoms with E-state index in [1.165, 1.54) is 6.26 Å². The first-order chi connectivity index (χ1) is 15.3. The summed E-state index contributed by atoms with van der Waals surface area (Å²) in [5.74, 6) is 0.442. The Balaban J connectivity index is 1.59. The first kappa shape index (κ1) is 20.6. The molecule has 5 aromatic rings. The van der Waals surface area contributed by atoms with Crippen molar-refractivity contribution < 1.29 is 8.42 Å². The zero-order valence-electron chi connectivity index (χ0n) is 17.0. The third-order valence-corrected chi connectivity index (χ3v) is 7.31. The molecule has 0 amide bonds. The number of halogens is 1. The zero-order valence-corrected chi connectivity index (χ0v) is 19.4. The highest BCUT2D eigenvalue weighted by molar-refractivity contribution is 9.10. The van der Waals surface area contributed by atoms with E-state index < -0.39 is 9.84 Å². The highest BCUT2D eigenvalue weighted by Gasteiger charge is 2.17. The van der Waals surface area contributed by atoms with Gasteiger partial charge in [-0.1, -0.05) is 30.3 Å². The van der Waals surface area contributed by atoms with Gasteiger partial charge in [0.1, 0.15) is 5.82 Å². The van der Waals surface area contributed by atoms with E-state index in [0.717, 1.165) is 33.3 Å². The molecular weight excluding hydrogens is 490 g/mol. The van der Waals surface area contributed by atoms with Gasteiger partial charge in [0.15, 0.2) is 15.5 Å². The molecule has 0 spiro atoms. The summed E-state index contributed by atoms with van der Waals surface area (Å²) < 4.78 is 25.7. The summed E-state index contributed by atoms with van der Waals surface area (Å²) in [6.45, 7) is 0. The first-order valence-corrected chi connectivity index (χ1v) is 12.5. The number of pyridine rings is 1. The number of fused-ring (bicyclic) bond motifs is 2. The quantitative estimate of drug-likeness (QED) is 0.389. The van der Waals surface area contributed by atoms with Crippen molar-refractivity contribution in [2.45, 2.75) is 11.3 Å². The Kier molecular flexibility index (Phi) is 4.94. The monoisotopic (exact) mass is 507 g/mol. The molecule has 0 aliphatic rings. The van der Waals surface area contributed by atoms with Crippen LogP contribution in [0, 0.1) is 0 Å². The Bertz CT molecular complexity index is 1590. The van der Waals surface area contributed by atoms with Crippen LogP contribution in [0.4, 0.5) is 5.82 Å². The van der Waals surface area contributed by atoms with Gasteiger partial charge in [-0.3, -0.25) is 4.98 Å². The highest BCUT2D eigenvalue weighted by atomic mass is 79.9. The Morgan fingerprint density at radius 1 is 1.06 bits per heavy atom. The van der Waals surface area contributed by atoms with Crippen LogP contribution in [0.3, 0.4) is 0 Å². The van der Waals surface area contributed by atoms with Crippen molar-refractivity contribution in [2.75, 3.05) is 12.0 Å². The first-order valence-electron chi connectivity index (χ1n) is 9.77. The summed E-state index contributed by atoms with van der Waals surface area (Å²) in [4.78, 5) is 9.68. The molecular formula is C23H18BrN5O2S. The predicted molar refractivity (Wildman–Crippen MR) is 128 cm³/mol. The fourth-order valence-electron chi connectivity index (χ4n) is 3.63. The second kappa shape index (κ2) is 7.68. The van der Waals surface area contributed by atoms with Crippen LogP contribution in [0.25, 0.3) is 27.7 Å². The third kappa shape index (κ3) is 3.63. The number of anilines is 1. The molecule has 0 fully saturated rings. The van der Waals surface area contributed by atoms with E-state index in [-0.39, 0.29) is 4.90 Å². The molecule has 32 heavy (non-hydrogen) atoms. The number of hydrogen-bond acceptors (Lipinski definition) is 6. The molecule has 3 heterocycles. The fraction of sp³-hybridized carbons (Fsp3) is 0.0870. The van der Waals surface area contributed by atoms with Gasteiger partial charge in [0.2, 0.25) is 0 Å². The molecule has 0 bridgehead atoms. The summed E-state index contributed by atoms with van der Waals surface area (Å²) in [7, 11) is -3.24. The third-order valence-electron chi connectivity index (χ3n) is 5.32. The maximum Gasteiger partial charge on any atom is 0.175 e. The lowest BCUT2D eigenvalue weighted by Crippen LogP contribution is -2.06. The molecule has 2 N–H and O–H groups in total. The van der Waals surface area contributed by atoms with Crippen molar-refractivity contribution in [1.29, 1.82) is 0 Å². The van der Waals surface area contributed by atoms with Crippen LogP contribution >= 0.6 is 15.9 Å². The molecule has 9 heteroatoms. The molecule has 0 aliphatic carbocycles. The van der Waals surface area contributed by atoms with E-state index in [4.69, 9.17) is 10.7 Å². The maximum absolute atomic E-state index is 11.7. The van der Waals surface area contributed by atoms with E-state index in [1.54, 1.807) is 35.0 Å². The smallest absolute Gasteiger partial charge is 0.175 e. The average Bonchev–Trinajstić information content (AvgIpc) is 3.20. The Labute approximate surface area is 193 Å². The molecule has 160 valence electrons. The van der Waals surface area contributed by atoms with Crippen LogP contribution in [0.2, 0.25) is 0 Å². The summed E-state index contributed by atoms with van der Waals surface area (Å²) in [6.07, 6.45) is 5.22. The van der Waals surface area contributed by atoms with Gasteiger partial charge in [0.05, 0.1) is 26.8 Å². The number of sulfone groups is 1. The predicted octanol–water partition coefficient (Wildman–Crippen LogP) is 4.28. The summed E-state index contributed by atoms with van der Waals surface area (Å²) in [5.41, 5.74) is 11.3. The fourth-order valence-corrected chi connectivity index (χ4v) is 4.66. The molecule has 0 saturated heterocycles. The Morgan fingerprint density at radius 3 is 2.56 bits per heavy atom. The maximum atomic E-state index is 11.7. The van der Waals surface area contributed by atoms with Crippen molar-refractivity contribution in [3.8, 4) is 11.1 Å². The molecule has 2 aromatic carbocycles. The van der Waals surface area contributed by atoms with Crippen LogP contribution in [0.15, 0.2) is 76.4 Å². The van der Waals surface area contributed by atoms with Gasteiger partial charge in [-0.15, -0.1) is 0 Å². The molecule has 0 radical (unpaired) electrons. The number of nitrogens with zero attached hydrogens (tertiary/aromatic N) is 4. The average molecular weight is 508 g/mol. The van der Waals surface area contributed by atoms with Crippen LogP contribution in [0.5, 0.6) is 0 Å². The molecule has 0 saturated carbocycles. The number of hydrogen-bond donors (Lipinski definition) is 1. The van der Waals surface area contributed by atoms with Crippen molar-refractivity contribution in [3.63, 3.8) is 0 Å². The van der Waals surface area contributed by atoms with E-state index in [0.29, 0.717) is 22.4 Å². The van der Waals surface area contributed by atoms with E-state index in [1.807, 2.05) is 30.5 Å². The largest absolute Gasteiger partial charge is 0.383 e. The van der Waals surface area contributed by atoms with Gasteiger partial charge >= 0.3 is 0 Å². The van der Waals surface area contributed by atoms with Crippen LogP contribution in [-0.4, -0.2) is 34.3 Å². The van der Waals surface area contributed by atoms with Gasteiger partial charge in [0, 0.05) is 35.4 Å². The lowest BCUT2D eigenvalue weighted by molar-refractivity contribution is 0.602.